The van der Waals surface area contributed by atoms with E-state index in [2.05, 4.69) is 0 Å². The number of ketones is 1. The molecule has 0 aliphatic heterocycles. The fourth-order valence-electron chi connectivity index (χ4n) is 1.98. The van der Waals surface area contributed by atoms with Crippen molar-refractivity contribution in [3.05, 3.63) is 47.0 Å². The van der Waals surface area contributed by atoms with Gasteiger partial charge in [-0.25, -0.2) is 4.39 Å². The lowest BCUT2D eigenvalue weighted by Crippen LogP contribution is -2.27. The Morgan fingerprint density at radius 2 is 1.48 bits per heavy atom. The highest BCUT2D eigenvalue weighted by molar-refractivity contribution is 6.00. The largest absolute Gasteiger partial charge is 0.511 e. The second-order valence-electron chi connectivity index (χ2n) is 7.46. The average Bonchev–Trinajstić information content (AvgIpc) is 2.34. The minimum absolute atomic E-state index is 0.0840. The van der Waals surface area contributed by atoms with Crippen LogP contribution in [-0.2, 0) is 11.2 Å². The third kappa shape index (κ3) is 4.69. The molecule has 0 heterocycles. The first-order chi connectivity index (χ1) is 9.43. The van der Waals surface area contributed by atoms with Gasteiger partial charge in [-0.3, -0.25) is 4.79 Å². The molecule has 116 valence electrons. The van der Waals surface area contributed by atoms with Gasteiger partial charge >= 0.3 is 0 Å². The van der Waals surface area contributed by atoms with Gasteiger partial charge in [0.05, 0.1) is 0 Å². The number of aliphatic hydroxyl groups is 1. The number of benzene rings is 1. The number of carbonyl (C=O) groups excluding carboxylic acids is 1. The normalized spacial score (nSPS) is 13.9. The van der Waals surface area contributed by atoms with Crippen LogP contribution in [0.5, 0.6) is 0 Å². The van der Waals surface area contributed by atoms with Crippen molar-refractivity contribution in [1.29, 1.82) is 0 Å². The molecule has 0 radical (unpaired) electrons. The molecule has 0 aliphatic carbocycles. The zero-order valence-electron chi connectivity index (χ0n) is 13.7. The third-order valence-corrected chi connectivity index (χ3v) is 3.25. The van der Waals surface area contributed by atoms with Crippen molar-refractivity contribution in [1.82, 2.24) is 0 Å². The lowest BCUT2D eigenvalue weighted by Gasteiger charge is -2.25. The van der Waals surface area contributed by atoms with Crippen LogP contribution in [0.15, 0.2) is 35.6 Å². The Labute approximate surface area is 126 Å². The van der Waals surface area contributed by atoms with E-state index in [4.69, 9.17) is 0 Å². The Balaban J connectivity index is 3.27. The maximum atomic E-state index is 13.0. The van der Waals surface area contributed by atoms with Crippen LogP contribution in [0.1, 0.15) is 47.1 Å². The van der Waals surface area contributed by atoms with Crippen LogP contribution in [0.3, 0.4) is 0 Å². The summed E-state index contributed by atoms with van der Waals surface area (Å²) in [4.78, 5) is 12.6. The zero-order chi connectivity index (χ0) is 16.4. The highest BCUT2D eigenvalue weighted by Crippen LogP contribution is 2.31. The average molecular weight is 292 g/mol. The first-order valence-corrected chi connectivity index (χ1v) is 7.15. The zero-order valence-corrected chi connectivity index (χ0v) is 13.7. The molecule has 0 bridgehead atoms. The molecule has 2 nitrogen and oxygen atoms in total. The van der Waals surface area contributed by atoms with Gasteiger partial charge in [-0.2, -0.15) is 0 Å². The summed E-state index contributed by atoms with van der Waals surface area (Å²) < 4.78 is 13.0. The lowest BCUT2D eigenvalue weighted by molar-refractivity contribution is -0.122. The Bertz CT molecular complexity index is 540. The van der Waals surface area contributed by atoms with E-state index in [1.807, 2.05) is 41.5 Å². The van der Waals surface area contributed by atoms with E-state index in [9.17, 15) is 14.3 Å². The molecular formula is C18H25FO2. The van der Waals surface area contributed by atoms with Crippen molar-refractivity contribution in [2.24, 2.45) is 10.8 Å². The predicted molar refractivity (Wildman–Crippen MR) is 83.7 cm³/mol. The van der Waals surface area contributed by atoms with Gasteiger partial charge in [-0.1, -0.05) is 53.7 Å². The van der Waals surface area contributed by atoms with Gasteiger partial charge in [-0.05, 0) is 17.7 Å². The van der Waals surface area contributed by atoms with Crippen LogP contribution >= 0.6 is 0 Å². The minimum atomic E-state index is -0.575. The Morgan fingerprint density at radius 3 is 1.86 bits per heavy atom. The molecule has 0 atom stereocenters. The van der Waals surface area contributed by atoms with Crippen LogP contribution in [0.25, 0.3) is 0 Å². The molecule has 21 heavy (non-hydrogen) atoms. The lowest BCUT2D eigenvalue weighted by atomic mass is 9.79. The van der Waals surface area contributed by atoms with Crippen molar-refractivity contribution in [2.45, 2.75) is 48.0 Å². The summed E-state index contributed by atoms with van der Waals surface area (Å²) in [7, 11) is 0. The molecule has 0 fully saturated rings. The number of aliphatic hydroxyl groups excluding tert-OH is 1. The molecule has 1 N–H and O–H groups in total. The van der Waals surface area contributed by atoms with Crippen molar-refractivity contribution in [3.63, 3.8) is 0 Å². The number of allylic oxidation sites excluding steroid dienone is 2. The van der Waals surface area contributed by atoms with Crippen molar-refractivity contribution in [2.75, 3.05) is 0 Å². The number of carbonyl (C=O) groups is 1. The third-order valence-electron chi connectivity index (χ3n) is 3.25. The molecule has 0 aliphatic rings. The Morgan fingerprint density at radius 1 is 1.00 bits per heavy atom. The van der Waals surface area contributed by atoms with Gasteiger partial charge in [0, 0.05) is 22.8 Å². The molecule has 3 heteroatoms. The van der Waals surface area contributed by atoms with Gasteiger partial charge in [-0.15, -0.1) is 0 Å². The van der Waals surface area contributed by atoms with Gasteiger partial charge < -0.3 is 5.11 Å². The summed E-state index contributed by atoms with van der Waals surface area (Å²) in [6.07, 6.45) is 0.305. The van der Waals surface area contributed by atoms with Crippen molar-refractivity contribution >= 4 is 5.78 Å². The monoisotopic (exact) mass is 292 g/mol. The summed E-state index contributed by atoms with van der Waals surface area (Å²) in [6, 6.07) is 6.01. The number of hydrogen-bond donors (Lipinski definition) is 1. The molecule has 1 rings (SSSR count). The molecule has 0 amide bonds. The first-order valence-electron chi connectivity index (χ1n) is 7.15. The summed E-state index contributed by atoms with van der Waals surface area (Å²) in [5.41, 5.74) is 0.131. The van der Waals surface area contributed by atoms with E-state index < -0.39 is 10.8 Å². The quantitative estimate of drug-likeness (QED) is 0.639. The summed E-state index contributed by atoms with van der Waals surface area (Å²) in [6.45, 7) is 11.1. The second-order valence-corrected chi connectivity index (χ2v) is 7.46. The Hall–Kier alpha value is -1.64. The molecule has 0 saturated carbocycles. The smallest absolute Gasteiger partial charge is 0.167 e. The number of hydrogen-bond acceptors (Lipinski definition) is 2. The van der Waals surface area contributed by atoms with E-state index in [-0.39, 0.29) is 17.4 Å². The van der Waals surface area contributed by atoms with Crippen molar-refractivity contribution < 1.29 is 14.3 Å². The molecule has 1 aromatic rings. The van der Waals surface area contributed by atoms with Gasteiger partial charge in [0.25, 0.3) is 0 Å². The van der Waals surface area contributed by atoms with Crippen LogP contribution in [-0.4, -0.2) is 10.9 Å². The van der Waals surface area contributed by atoms with Crippen LogP contribution in [0.4, 0.5) is 4.39 Å². The minimum Gasteiger partial charge on any atom is -0.511 e. The fourth-order valence-corrected chi connectivity index (χ4v) is 1.98. The highest BCUT2D eigenvalue weighted by Gasteiger charge is 2.31. The standard InChI is InChI=1S/C18H25FO2/c1-17(2,3)15(20)14(16(21)18(4,5)6)11-12-7-9-13(19)10-8-12/h7-10,20H,11H2,1-6H3/b15-14+. The first kappa shape index (κ1) is 17.4. The van der Waals surface area contributed by atoms with E-state index in [1.54, 1.807) is 12.1 Å². The SMILES string of the molecule is CC(C)(C)C(=O)/C(Cc1ccc(F)cc1)=C(/O)C(C)(C)C. The summed E-state index contributed by atoms with van der Waals surface area (Å²) >= 11 is 0. The second kappa shape index (κ2) is 6.00. The van der Waals surface area contributed by atoms with Crippen LogP contribution in [0.2, 0.25) is 0 Å². The predicted octanol–water partition coefficient (Wildman–Crippen LogP) is 4.84. The summed E-state index contributed by atoms with van der Waals surface area (Å²) in [5.74, 6) is -0.294. The van der Waals surface area contributed by atoms with E-state index in [1.165, 1.54) is 12.1 Å². The van der Waals surface area contributed by atoms with Gasteiger partial charge in [0.2, 0.25) is 0 Å². The Kier molecular flexibility index (Phi) is 4.98. The van der Waals surface area contributed by atoms with E-state index >= 15 is 0 Å². The molecule has 0 spiro atoms. The highest BCUT2D eigenvalue weighted by atomic mass is 19.1. The number of Topliss-reactive ketones (excluding diaryl/α,β-unsaturated/α-hetero) is 1. The maximum absolute atomic E-state index is 13.0. The summed E-state index contributed by atoms with van der Waals surface area (Å²) in [5, 5.41) is 10.5. The van der Waals surface area contributed by atoms with E-state index in [0.29, 0.717) is 12.0 Å². The molecule has 1 aromatic carbocycles. The molecule has 0 saturated heterocycles. The number of halogens is 1. The van der Waals surface area contributed by atoms with Crippen LogP contribution in [0, 0.1) is 16.6 Å². The molecule has 0 aromatic heterocycles. The van der Waals surface area contributed by atoms with Crippen molar-refractivity contribution in [3.8, 4) is 0 Å². The van der Waals surface area contributed by atoms with Crippen LogP contribution < -0.4 is 0 Å². The van der Waals surface area contributed by atoms with Gasteiger partial charge in [0.1, 0.15) is 11.6 Å². The topological polar surface area (TPSA) is 37.3 Å². The van der Waals surface area contributed by atoms with E-state index in [0.717, 1.165) is 5.56 Å². The maximum Gasteiger partial charge on any atom is 0.167 e. The molecular weight excluding hydrogens is 267 g/mol. The molecule has 0 unspecified atom stereocenters. The fraction of sp³-hybridized carbons (Fsp3) is 0.500. The number of rotatable bonds is 3. The van der Waals surface area contributed by atoms with Gasteiger partial charge in [0.15, 0.2) is 5.78 Å².